The minimum Gasteiger partial charge on any atom is -0.391 e. The smallest absolute Gasteiger partial charge is 0.289 e. The molecule has 1 saturated heterocycles. The van der Waals surface area contributed by atoms with Crippen LogP contribution in [0.4, 0.5) is 11.5 Å². The summed E-state index contributed by atoms with van der Waals surface area (Å²) in [6.07, 6.45) is 1.61. The molecular weight excluding hydrogens is 258 g/mol. The van der Waals surface area contributed by atoms with E-state index >= 15 is 0 Å². The molecule has 2 unspecified atom stereocenters. The summed E-state index contributed by atoms with van der Waals surface area (Å²) in [4.78, 5) is 15.9. The lowest BCUT2D eigenvalue weighted by Crippen LogP contribution is -2.43. The van der Waals surface area contributed by atoms with Crippen LogP contribution in [0.25, 0.3) is 0 Å². The number of hydrogen-bond acceptors (Lipinski definition) is 5. The Morgan fingerprint density at radius 2 is 2.39 bits per heavy atom. The molecule has 0 aromatic carbocycles. The highest BCUT2D eigenvalue weighted by Gasteiger charge is 2.26. The van der Waals surface area contributed by atoms with E-state index in [2.05, 4.69) is 4.98 Å². The van der Waals surface area contributed by atoms with Crippen molar-refractivity contribution in [1.29, 1.82) is 0 Å². The van der Waals surface area contributed by atoms with Gasteiger partial charge in [0.15, 0.2) is 0 Å². The first-order chi connectivity index (χ1) is 8.49. The Balaban J connectivity index is 2.21. The first-order valence-corrected chi connectivity index (χ1v) is 6.09. The predicted molar refractivity (Wildman–Crippen MR) is 67.9 cm³/mol. The molecule has 1 N–H and O–H groups in total. The van der Waals surface area contributed by atoms with Crippen molar-refractivity contribution in [2.75, 3.05) is 18.0 Å². The highest BCUT2D eigenvalue weighted by Crippen LogP contribution is 2.30. The van der Waals surface area contributed by atoms with Crippen molar-refractivity contribution in [1.82, 2.24) is 4.98 Å². The first-order valence-electron chi connectivity index (χ1n) is 5.72. The number of nitrogens with zero attached hydrogens (tertiary/aromatic N) is 3. The Hall–Kier alpha value is -1.40. The van der Waals surface area contributed by atoms with Gasteiger partial charge < -0.3 is 10.0 Å². The molecule has 0 radical (unpaired) electrons. The lowest BCUT2D eigenvalue weighted by molar-refractivity contribution is -0.385. The Morgan fingerprint density at radius 1 is 1.67 bits per heavy atom. The summed E-state index contributed by atoms with van der Waals surface area (Å²) < 4.78 is 0. The van der Waals surface area contributed by atoms with Crippen molar-refractivity contribution >= 4 is 23.1 Å². The van der Waals surface area contributed by atoms with Crippen LogP contribution in [-0.4, -0.2) is 34.2 Å². The minimum absolute atomic E-state index is 0.130. The number of pyridine rings is 1. The monoisotopic (exact) mass is 271 g/mol. The van der Waals surface area contributed by atoms with Gasteiger partial charge in [-0.1, -0.05) is 18.5 Å². The first kappa shape index (κ1) is 13.0. The van der Waals surface area contributed by atoms with E-state index in [4.69, 9.17) is 11.6 Å². The number of halogens is 1. The van der Waals surface area contributed by atoms with Crippen LogP contribution in [0.2, 0.25) is 5.02 Å². The molecule has 1 aromatic heterocycles. The van der Waals surface area contributed by atoms with E-state index in [9.17, 15) is 15.2 Å². The van der Waals surface area contributed by atoms with E-state index in [1.54, 1.807) is 0 Å². The van der Waals surface area contributed by atoms with Crippen molar-refractivity contribution in [2.45, 2.75) is 19.4 Å². The number of nitro groups is 1. The van der Waals surface area contributed by atoms with Gasteiger partial charge in [-0.3, -0.25) is 10.1 Å². The number of rotatable bonds is 2. The number of piperidine rings is 1. The number of aromatic nitrogens is 1. The van der Waals surface area contributed by atoms with E-state index < -0.39 is 11.0 Å². The standard InChI is InChI=1S/C11H14ClN3O3/c1-7-2-3-14(6-10(7)16)11-9(12)4-8(5-13-11)15(17)18/h4-5,7,10,16H,2-3,6H2,1H3. The van der Waals surface area contributed by atoms with Crippen molar-refractivity contribution in [2.24, 2.45) is 5.92 Å². The Labute approximate surface area is 109 Å². The third-order valence-corrected chi connectivity index (χ3v) is 3.51. The van der Waals surface area contributed by atoms with Crippen LogP contribution in [0.1, 0.15) is 13.3 Å². The molecule has 0 spiro atoms. The molecule has 98 valence electrons. The van der Waals surface area contributed by atoms with E-state index in [-0.39, 0.29) is 16.6 Å². The third-order valence-electron chi connectivity index (χ3n) is 3.24. The second kappa shape index (κ2) is 5.07. The van der Waals surface area contributed by atoms with Crippen LogP contribution >= 0.6 is 11.6 Å². The fourth-order valence-corrected chi connectivity index (χ4v) is 2.27. The second-order valence-electron chi connectivity index (χ2n) is 4.54. The molecule has 0 aliphatic carbocycles. The van der Waals surface area contributed by atoms with E-state index in [1.165, 1.54) is 12.3 Å². The predicted octanol–water partition coefficient (Wildman–Crippen LogP) is 1.85. The largest absolute Gasteiger partial charge is 0.391 e. The molecule has 6 nitrogen and oxygen atoms in total. The lowest BCUT2D eigenvalue weighted by atomic mass is 9.96. The molecule has 0 saturated carbocycles. The van der Waals surface area contributed by atoms with Crippen LogP contribution in [0.3, 0.4) is 0 Å². The summed E-state index contributed by atoms with van der Waals surface area (Å²) in [5.41, 5.74) is -0.130. The summed E-state index contributed by atoms with van der Waals surface area (Å²) in [5.74, 6) is 0.742. The molecule has 1 aliphatic rings. The van der Waals surface area contributed by atoms with Gasteiger partial charge in [-0.2, -0.15) is 0 Å². The highest BCUT2D eigenvalue weighted by molar-refractivity contribution is 6.33. The molecule has 2 atom stereocenters. The van der Waals surface area contributed by atoms with Crippen LogP contribution < -0.4 is 4.90 Å². The van der Waals surface area contributed by atoms with Crippen molar-refractivity contribution in [3.05, 3.63) is 27.4 Å². The fourth-order valence-electron chi connectivity index (χ4n) is 1.99. The molecule has 1 aliphatic heterocycles. The Morgan fingerprint density at radius 3 is 2.94 bits per heavy atom. The van der Waals surface area contributed by atoms with E-state index in [1.807, 2.05) is 11.8 Å². The van der Waals surface area contributed by atoms with Gasteiger partial charge in [-0.15, -0.1) is 0 Å². The SMILES string of the molecule is CC1CCN(c2ncc([N+](=O)[O-])cc2Cl)CC1O. The molecule has 2 rings (SSSR count). The molecule has 1 aromatic rings. The molecule has 1 fully saturated rings. The number of anilines is 1. The number of aliphatic hydroxyl groups excluding tert-OH is 1. The van der Waals surface area contributed by atoms with Crippen LogP contribution in [0.15, 0.2) is 12.3 Å². The lowest BCUT2D eigenvalue weighted by Gasteiger charge is -2.35. The summed E-state index contributed by atoms with van der Waals surface area (Å²) in [6.45, 7) is 3.18. The van der Waals surface area contributed by atoms with Crippen molar-refractivity contribution in [3.63, 3.8) is 0 Å². The molecule has 0 amide bonds. The van der Waals surface area contributed by atoms with Gasteiger partial charge in [0.1, 0.15) is 12.0 Å². The van der Waals surface area contributed by atoms with Gasteiger partial charge >= 0.3 is 0 Å². The average molecular weight is 272 g/mol. The number of aliphatic hydroxyl groups is 1. The normalized spacial score (nSPS) is 24.1. The van der Waals surface area contributed by atoms with Crippen molar-refractivity contribution in [3.8, 4) is 0 Å². The zero-order chi connectivity index (χ0) is 13.3. The maximum absolute atomic E-state index is 10.6. The number of hydrogen-bond donors (Lipinski definition) is 1. The summed E-state index contributed by atoms with van der Waals surface area (Å²) in [7, 11) is 0. The molecule has 0 bridgehead atoms. The summed E-state index contributed by atoms with van der Waals surface area (Å²) in [5, 5.41) is 20.7. The minimum atomic E-state index is -0.532. The quantitative estimate of drug-likeness (QED) is 0.656. The van der Waals surface area contributed by atoms with Gasteiger partial charge in [-0.25, -0.2) is 4.98 Å². The highest BCUT2D eigenvalue weighted by atomic mass is 35.5. The van der Waals surface area contributed by atoms with Crippen molar-refractivity contribution < 1.29 is 10.0 Å². The molecule has 18 heavy (non-hydrogen) atoms. The second-order valence-corrected chi connectivity index (χ2v) is 4.94. The van der Waals surface area contributed by atoms with Crippen LogP contribution in [0.5, 0.6) is 0 Å². The van der Waals surface area contributed by atoms with Gasteiger partial charge in [0.25, 0.3) is 5.69 Å². The fraction of sp³-hybridized carbons (Fsp3) is 0.545. The Bertz CT molecular complexity index is 469. The van der Waals surface area contributed by atoms with Gasteiger partial charge in [-0.05, 0) is 12.3 Å². The summed E-state index contributed by atoms with van der Waals surface area (Å²) >= 11 is 6.00. The molecule has 7 heteroatoms. The molecule has 2 heterocycles. The Kier molecular flexibility index (Phi) is 3.68. The topological polar surface area (TPSA) is 79.5 Å². The third kappa shape index (κ3) is 2.54. The average Bonchev–Trinajstić information content (AvgIpc) is 2.32. The van der Waals surface area contributed by atoms with Gasteiger partial charge in [0.2, 0.25) is 0 Å². The van der Waals surface area contributed by atoms with Crippen LogP contribution in [-0.2, 0) is 0 Å². The van der Waals surface area contributed by atoms with Gasteiger partial charge in [0.05, 0.1) is 16.0 Å². The van der Waals surface area contributed by atoms with Crippen LogP contribution in [0, 0.1) is 16.0 Å². The zero-order valence-electron chi connectivity index (χ0n) is 9.91. The maximum Gasteiger partial charge on any atom is 0.289 e. The zero-order valence-corrected chi connectivity index (χ0v) is 10.7. The summed E-state index contributed by atoms with van der Waals surface area (Å²) in [6, 6.07) is 1.29. The van der Waals surface area contributed by atoms with E-state index in [0.717, 1.165) is 13.0 Å². The van der Waals surface area contributed by atoms with E-state index in [0.29, 0.717) is 12.4 Å². The number of β-amino-alcohol motifs (C(OH)–C–C–N with tert-alkyl or cyclic N) is 1. The van der Waals surface area contributed by atoms with Gasteiger partial charge in [0, 0.05) is 19.2 Å². The maximum atomic E-state index is 10.6. The molecular formula is C11H14ClN3O3.